The molecule has 2 rings (SSSR count). The van der Waals surface area contributed by atoms with Crippen molar-refractivity contribution in [3.8, 4) is 5.75 Å². The maximum atomic E-state index is 11.9. The largest absolute Gasteiger partial charge is 0.496 e. The van der Waals surface area contributed by atoms with Crippen LogP contribution in [0.25, 0.3) is 0 Å². The Bertz CT molecular complexity index is 468. The predicted octanol–water partition coefficient (Wildman–Crippen LogP) is 1.78. The molecule has 0 saturated heterocycles. The van der Waals surface area contributed by atoms with Gasteiger partial charge in [-0.25, -0.2) is 0 Å². The van der Waals surface area contributed by atoms with Gasteiger partial charge in [-0.05, 0) is 23.7 Å². The second kappa shape index (κ2) is 4.18. The van der Waals surface area contributed by atoms with Crippen molar-refractivity contribution in [1.82, 2.24) is 9.59 Å². The van der Waals surface area contributed by atoms with Gasteiger partial charge >= 0.3 is 0 Å². The van der Waals surface area contributed by atoms with Gasteiger partial charge in [0.2, 0.25) is 5.78 Å². The molecule has 1 heterocycles. The second-order valence-electron chi connectivity index (χ2n) is 2.81. The smallest absolute Gasteiger partial charge is 0.209 e. The molecule has 0 radical (unpaired) electrons. The van der Waals surface area contributed by atoms with E-state index in [1.54, 1.807) is 18.2 Å². The molecule has 2 aromatic rings. The summed E-state index contributed by atoms with van der Waals surface area (Å²) in [6.07, 6.45) is 1.46. The Morgan fingerprint density at radius 3 is 2.87 bits per heavy atom. The Balaban J connectivity index is 2.42. The van der Waals surface area contributed by atoms with Crippen LogP contribution in [0.15, 0.2) is 30.5 Å². The lowest BCUT2D eigenvalue weighted by Crippen LogP contribution is -2.01. The van der Waals surface area contributed by atoms with Gasteiger partial charge in [0, 0.05) is 0 Å². The Hall–Kier alpha value is -1.75. The number of carbonyl (C=O) groups is 1. The van der Waals surface area contributed by atoms with Crippen LogP contribution >= 0.6 is 11.5 Å². The summed E-state index contributed by atoms with van der Waals surface area (Å²) in [5, 5.41) is 3.63. The van der Waals surface area contributed by atoms with Gasteiger partial charge < -0.3 is 4.74 Å². The fourth-order valence-electron chi connectivity index (χ4n) is 1.23. The molecular weight excluding hydrogens is 212 g/mol. The zero-order valence-electron chi connectivity index (χ0n) is 8.01. The van der Waals surface area contributed by atoms with E-state index in [1.165, 1.54) is 13.3 Å². The number of carbonyl (C=O) groups excluding carboxylic acids is 1. The molecule has 0 aliphatic rings. The van der Waals surface area contributed by atoms with Crippen molar-refractivity contribution in [2.45, 2.75) is 0 Å². The van der Waals surface area contributed by atoms with E-state index >= 15 is 0 Å². The number of ketones is 1. The fourth-order valence-corrected chi connectivity index (χ4v) is 1.70. The minimum Gasteiger partial charge on any atom is -0.496 e. The Kier molecular flexibility index (Phi) is 2.73. The molecule has 4 nitrogen and oxygen atoms in total. The number of benzene rings is 1. The van der Waals surface area contributed by atoms with Gasteiger partial charge in [0.1, 0.15) is 10.6 Å². The van der Waals surface area contributed by atoms with Gasteiger partial charge in [-0.1, -0.05) is 16.6 Å². The van der Waals surface area contributed by atoms with E-state index < -0.39 is 0 Å². The van der Waals surface area contributed by atoms with Crippen LogP contribution in [-0.4, -0.2) is 22.5 Å². The lowest BCUT2D eigenvalue weighted by molar-refractivity contribution is 0.103. The van der Waals surface area contributed by atoms with Crippen molar-refractivity contribution in [3.63, 3.8) is 0 Å². The fraction of sp³-hybridized carbons (Fsp3) is 0.100. The van der Waals surface area contributed by atoms with Crippen molar-refractivity contribution in [2.75, 3.05) is 7.11 Å². The normalized spacial score (nSPS) is 9.93. The van der Waals surface area contributed by atoms with E-state index in [-0.39, 0.29) is 5.78 Å². The summed E-state index contributed by atoms with van der Waals surface area (Å²) in [6, 6.07) is 7.09. The summed E-state index contributed by atoms with van der Waals surface area (Å²) in [6.45, 7) is 0. The first-order valence-electron chi connectivity index (χ1n) is 4.28. The average molecular weight is 220 g/mol. The average Bonchev–Trinajstić information content (AvgIpc) is 2.81. The number of para-hydroxylation sites is 1. The minimum absolute atomic E-state index is 0.109. The van der Waals surface area contributed by atoms with Crippen molar-refractivity contribution in [1.29, 1.82) is 0 Å². The van der Waals surface area contributed by atoms with E-state index in [2.05, 4.69) is 9.59 Å². The molecule has 0 fully saturated rings. The lowest BCUT2D eigenvalue weighted by Gasteiger charge is -2.04. The summed E-state index contributed by atoms with van der Waals surface area (Å²) in [4.78, 5) is 12.5. The van der Waals surface area contributed by atoms with E-state index in [0.29, 0.717) is 16.2 Å². The van der Waals surface area contributed by atoms with Crippen LogP contribution in [0.5, 0.6) is 5.75 Å². The highest BCUT2D eigenvalue weighted by Crippen LogP contribution is 2.21. The summed E-state index contributed by atoms with van der Waals surface area (Å²) in [7, 11) is 1.54. The predicted molar refractivity (Wildman–Crippen MR) is 56.3 cm³/mol. The zero-order chi connectivity index (χ0) is 10.7. The monoisotopic (exact) mass is 220 g/mol. The van der Waals surface area contributed by atoms with Gasteiger partial charge in [0.05, 0.1) is 18.9 Å². The molecule has 0 atom stereocenters. The minimum atomic E-state index is -0.109. The second-order valence-corrected chi connectivity index (χ2v) is 3.60. The molecule has 5 heteroatoms. The van der Waals surface area contributed by atoms with Crippen LogP contribution in [0.3, 0.4) is 0 Å². The quantitative estimate of drug-likeness (QED) is 0.740. The maximum absolute atomic E-state index is 11.9. The third-order valence-electron chi connectivity index (χ3n) is 1.94. The first-order valence-corrected chi connectivity index (χ1v) is 5.05. The van der Waals surface area contributed by atoms with Gasteiger partial charge in [-0.3, -0.25) is 4.79 Å². The van der Waals surface area contributed by atoms with Crippen LogP contribution in [-0.2, 0) is 0 Å². The molecule has 1 aromatic carbocycles. The van der Waals surface area contributed by atoms with Crippen LogP contribution < -0.4 is 4.74 Å². The molecule has 0 amide bonds. The van der Waals surface area contributed by atoms with Crippen molar-refractivity contribution < 1.29 is 9.53 Å². The van der Waals surface area contributed by atoms with Crippen LogP contribution in [0.1, 0.15) is 15.2 Å². The van der Waals surface area contributed by atoms with Crippen molar-refractivity contribution >= 4 is 17.3 Å². The highest BCUT2D eigenvalue weighted by atomic mass is 32.1. The summed E-state index contributed by atoms with van der Waals surface area (Å²) < 4.78 is 8.76. The zero-order valence-corrected chi connectivity index (χ0v) is 8.82. The molecule has 0 aliphatic heterocycles. The molecule has 76 valence electrons. The number of hydrogen-bond donors (Lipinski definition) is 0. The van der Waals surface area contributed by atoms with Gasteiger partial charge in [-0.2, -0.15) is 0 Å². The van der Waals surface area contributed by atoms with E-state index in [4.69, 9.17) is 4.74 Å². The Labute approximate surface area is 90.7 Å². The van der Waals surface area contributed by atoms with Crippen LogP contribution in [0.4, 0.5) is 0 Å². The molecule has 0 bridgehead atoms. The molecule has 0 N–H and O–H groups in total. The number of nitrogens with zero attached hydrogens (tertiary/aromatic N) is 2. The van der Waals surface area contributed by atoms with Gasteiger partial charge in [-0.15, -0.1) is 5.10 Å². The highest BCUT2D eigenvalue weighted by molar-refractivity contribution is 7.08. The standard InChI is InChI=1S/C10H8N2O2S/c1-14-8-5-3-2-4-7(8)10(13)9-6-11-12-15-9/h2-6H,1H3. The third-order valence-corrected chi connectivity index (χ3v) is 2.60. The van der Waals surface area contributed by atoms with Crippen molar-refractivity contribution in [2.24, 2.45) is 0 Å². The van der Waals surface area contributed by atoms with Crippen molar-refractivity contribution in [3.05, 3.63) is 40.9 Å². The Morgan fingerprint density at radius 1 is 1.40 bits per heavy atom. The summed E-state index contributed by atoms with van der Waals surface area (Å²) in [5.74, 6) is 0.457. The molecule has 0 spiro atoms. The number of methoxy groups -OCH3 is 1. The van der Waals surface area contributed by atoms with Crippen LogP contribution in [0.2, 0.25) is 0 Å². The Morgan fingerprint density at radius 2 is 2.20 bits per heavy atom. The number of rotatable bonds is 3. The molecule has 0 saturated carbocycles. The third kappa shape index (κ3) is 1.87. The summed E-state index contributed by atoms with van der Waals surface area (Å²) in [5.41, 5.74) is 0.533. The SMILES string of the molecule is COc1ccccc1C(=O)c1cnns1. The first-order chi connectivity index (χ1) is 7.33. The number of hydrogen-bond acceptors (Lipinski definition) is 5. The molecule has 15 heavy (non-hydrogen) atoms. The first kappa shape index (κ1) is 9.79. The summed E-state index contributed by atoms with van der Waals surface area (Å²) >= 11 is 1.08. The maximum Gasteiger partial charge on any atom is 0.209 e. The number of aromatic nitrogens is 2. The van der Waals surface area contributed by atoms with E-state index in [0.717, 1.165) is 11.5 Å². The highest BCUT2D eigenvalue weighted by Gasteiger charge is 2.15. The van der Waals surface area contributed by atoms with Crippen LogP contribution in [0, 0.1) is 0 Å². The molecule has 1 aromatic heterocycles. The van der Waals surface area contributed by atoms with Gasteiger partial charge in [0.25, 0.3) is 0 Å². The van der Waals surface area contributed by atoms with E-state index in [1.807, 2.05) is 6.07 Å². The topological polar surface area (TPSA) is 52.1 Å². The molecule has 0 unspecified atom stereocenters. The molecular formula is C10H8N2O2S. The van der Waals surface area contributed by atoms with E-state index in [9.17, 15) is 4.79 Å². The molecule has 0 aliphatic carbocycles. The van der Waals surface area contributed by atoms with Gasteiger partial charge in [0.15, 0.2) is 0 Å². The lowest BCUT2D eigenvalue weighted by atomic mass is 10.1. The number of ether oxygens (including phenoxy) is 1.